The molecule has 0 atom stereocenters. The second-order valence-electron chi connectivity index (χ2n) is 3.79. The first kappa shape index (κ1) is 13.5. The number of amides is 1. The van der Waals surface area contributed by atoms with Crippen LogP contribution in [0.15, 0.2) is 0 Å². The van der Waals surface area contributed by atoms with Gasteiger partial charge >= 0.3 is 0 Å². The molecule has 0 fully saturated rings. The monoisotopic (exact) mass is 240 g/mol. The fraction of sp³-hybridized carbons (Fsp3) is 0.636. The highest BCUT2D eigenvalue weighted by atomic mass is 16.5. The van der Waals surface area contributed by atoms with E-state index in [1.54, 1.807) is 14.2 Å². The van der Waals surface area contributed by atoms with Crippen LogP contribution in [0.4, 0.5) is 5.69 Å². The zero-order valence-electron chi connectivity index (χ0n) is 10.6. The van der Waals surface area contributed by atoms with Gasteiger partial charge < -0.3 is 15.8 Å². The maximum Gasteiger partial charge on any atom is 0.271 e. The van der Waals surface area contributed by atoms with Gasteiger partial charge in [-0.3, -0.25) is 9.48 Å². The molecule has 6 nitrogen and oxygen atoms in total. The first-order valence-electron chi connectivity index (χ1n) is 5.70. The molecule has 0 saturated carbocycles. The molecule has 96 valence electrons. The molecular formula is C11H20N4O2. The van der Waals surface area contributed by atoms with Crippen molar-refractivity contribution in [3.05, 3.63) is 11.4 Å². The molecule has 17 heavy (non-hydrogen) atoms. The van der Waals surface area contributed by atoms with Gasteiger partial charge in [-0.15, -0.1) is 0 Å². The number of nitrogens with zero attached hydrogens (tertiary/aromatic N) is 2. The van der Waals surface area contributed by atoms with Crippen molar-refractivity contribution < 1.29 is 9.53 Å². The lowest BCUT2D eigenvalue weighted by molar-refractivity contribution is 0.0940. The van der Waals surface area contributed by atoms with Crippen LogP contribution in [0.2, 0.25) is 0 Å². The number of hydrogen-bond acceptors (Lipinski definition) is 4. The normalized spacial score (nSPS) is 10.5. The fourth-order valence-electron chi connectivity index (χ4n) is 1.63. The Morgan fingerprint density at radius 3 is 2.82 bits per heavy atom. The van der Waals surface area contributed by atoms with Crippen molar-refractivity contribution in [3.8, 4) is 0 Å². The standard InChI is InChI=1S/C11H20N4O2/c1-4-8-9(12)10(15(2)14-8)11(16)13-6-5-7-17-3/h4-7,12H2,1-3H3,(H,13,16). The number of aromatic nitrogens is 2. The zero-order valence-corrected chi connectivity index (χ0v) is 10.6. The number of aryl methyl sites for hydroxylation is 2. The first-order valence-corrected chi connectivity index (χ1v) is 5.70. The summed E-state index contributed by atoms with van der Waals surface area (Å²) in [4.78, 5) is 11.9. The van der Waals surface area contributed by atoms with E-state index in [4.69, 9.17) is 10.5 Å². The van der Waals surface area contributed by atoms with E-state index in [9.17, 15) is 4.79 Å². The van der Waals surface area contributed by atoms with Crippen LogP contribution in [0.3, 0.4) is 0 Å². The molecule has 6 heteroatoms. The van der Waals surface area contributed by atoms with E-state index in [0.29, 0.717) is 24.5 Å². The maximum absolute atomic E-state index is 11.9. The number of methoxy groups -OCH3 is 1. The van der Waals surface area contributed by atoms with Crippen LogP contribution >= 0.6 is 0 Å². The Balaban J connectivity index is 2.65. The van der Waals surface area contributed by atoms with Gasteiger partial charge in [-0.05, 0) is 12.8 Å². The molecule has 0 aliphatic rings. The lowest BCUT2D eigenvalue weighted by atomic mass is 10.2. The lowest BCUT2D eigenvalue weighted by Gasteiger charge is -2.05. The van der Waals surface area contributed by atoms with Crippen LogP contribution in [-0.4, -0.2) is 35.9 Å². The Hall–Kier alpha value is -1.56. The Morgan fingerprint density at radius 2 is 2.29 bits per heavy atom. The van der Waals surface area contributed by atoms with Gasteiger partial charge in [0.2, 0.25) is 0 Å². The highest BCUT2D eigenvalue weighted by Crippen LogP contribution is 2.16. The van der Waals surface area contributed by atoms with Crippen LogP contribution in [-0.2, 0) is 18.2 Å². The van der Waals surface area contributed by atoms with Gasteiger partial charge in [0.1, 0.15) is 5.69 Å². The molecule has 0 aliphatic heterocycles. The summed E-state index contributed by atoms with van der Waals surface area (Å²) in [6, 6.07) is 0. The van der Waals surface area contributed by atoms with E-state index in [1.807, 2.05) is 6.92 Å². The summed E-state index contributed by atoms with van der Waals surface area (Å²) in [5.41, 5.74) is 7.54. The summed E-state index contributed by atoms with van der Waals surface area (Å²) in [6.07, 6.45) is 1.50. The highest BCUT2D eigenvalue weighted by molar-refractivity contribution is 5.97. The number of anilines is 1. The predicted molar refractivity (Wildman–Crippen MR) is 65.8 cm³/mol. The predicted octanol–water partition coefficient (Wildman–Crippen LogP) is 0.331. The van der Waals surface area contributed by atoms with Gasteiger partial charge in [0.15, 0.2) is 0 Å². The van der Waals surface area contributed by atoms with Crippen molar-refractivity contribution in [1.29, 1.82) is 0 Å². The van der Waals surface area contributed by atoms with Crippen molar-refractivity contribution in [2.75, 3.05) is 26.0 Å². The minimum Gasteiger partial charge on any atom is -0.395 e. The largest absolute Gasteiger partial charge is 0.395 e. The molecule has 0 radical (unpaired) electrons. The van der Waals surface area contributed by atoms with E-state index in [-0.39, 0.29) is 5.91 Å². The number of rotatable bonds is 6. The third-order valence-corrected chi connectivity index (χ3v) is 2.52. The van der Waals surface area contributed by atoms with Crippen LogP contribution < -0.4 is 11.1 Å². The molecule has 1 amide bonds. The summed E-state index contributed by atoms with van der Waals surface area (Å²) in [6.45, 7) is 3.15. The van der Waals surface area contributed by atoms with E-state index in [1.165, 1.54) is 4.68 Å². The number of ether oxygens (including phenoxy) is 1. The quantitative estimate of drug-likeness (QED) is 0.702. The summed E-state index contributed by atoms with van der Waals surface area (Å²) in [5, 5.41) is 6.99. The number of hydrogen-bond donors (Lipinski definition) is 2. The van der Waals surface area contributed by atoms with Crippen LogP contribution in [0, 0.1) is 0 Å². The molecule has 1 aromatic heterocycles. The average Bonchev–Trinajstić information content (AvgIpc) is 2.59. The highest BCUT2D eigenvalue weighted by Gasteiger charge is 2.18. The molecule has 0 spiro atoms. The van der Waals surface area contributed by atoms with Crippen LogP contribution in [0.25, 0.3) is 0 Å². The topological polar surface area (TPSA) is 82.2 Å². The van der Waals surface area contributed by atoms with Crippen molar-refractivity contribution in [2.24, 2.45) is 7.05 Å². The Morgan fingerprint density at radius 1 is 1.59 bits per heavy atom. The number of carbonyl (C=O) groups is 1. The first-order chi connectivity index (χ1) is 8.11. The minimum absolute atomic E-state index is 0.187. The SMILES string of the molecule is CCc1nn(C)c(C(=O)NCCCOC)c1N. The second-order valence-corrected chi connectivity index (χ2v) is 3.79. The summed E-state index contributed by atoms with van der Waals surface area (Å²) < 4.78 is 6.43. The van der Waals surface area contributed by atoms with E-state index in [0.717, 1.165) is 18.5 Å². The fourth-order valence-corrected chi connectivity index (χ4v) is 1.63. The summed E-state index contributed by atoms with van der Waals surface area (Å²) in [7, 11) is 3.36. The maximum atomic E-state index is 11.9. The van der Waals surface area contributed by atoms with Gasteiger partial charge in [0.05, 0.1) is 11.4 Å². The van der Waals surface area contributed by atoms with E-state index in [2.05, 4.69) is 10.4 Å². The summed E-state index contributed by atoms with van der Waals surface area (Å²) in [5.74, 6) is -0.187. The van der Waals surface area contributed by atoms with Gasteiger partial charge in [0, 0.05) is 27.3 Å². The number of nitrogens with two attached hydrogens (primary N) is 1. The number of nitrogen functional groups attached to an aromatic ring is 1. The van der Waals surface area contributed by atoms with Gasteiger partial charge in [-0.25, -0.2) is 0 Å². The third kappa shape index (κ3) is 3.20. The number of carbonyl (C=O) groups excluding carboxylic acids is 1. The molecule has 0 unspecified atom stereocenters. The zero-order chi connectivity index (χ0) is 12.8. The molecule has 3 N–H and O–H groups in total. The molecule has 1 rings (SSSR count). The Bertz CT molecular complexity index is 387. The van der Waals surface area contributed by atoms with Gasteiger partial charge in [-0.2, -0.15) is 5.10 Å². The molecular weight excluding hydrogens is 220 g/mol. The third-order valence-electron chi connectivity index (χ3n) is 2.52. The smallest absolute Gasteiger partial charge is 0.271 e. The van der Waals surface area contributed by atoms with Crippen molar-refractivity contribution in [2.45, 2.75) is 19.8 Å². The van der Waals surface area contributed by atoms with E-state index < -0.39 is 0 Å². The molecule has 0 aromatic carbocycles. The van der Waals surface area contributed by atoms with E-state index >= 15 is 0 Å². The van der Waals surface area contributed by atoms with Crippen molar-refractivity contribution in [3.63, 3.8) is 0 Å². The molecule has 0 saturated heterocycles. The molecule has 1 aromatic rings. The molecule has 0 bridgehead atoms. The molecule has 1 heterocycles. The van der Waals surface area contributed by atoms with Crippen molar-refractivity contribution >= 4 is 11.6 Å². The minimum atomic E-state index is -0.187. The number of nitrogens with one attached hydrogen (secondary N) is 1. The van der Waals surface area contributed by atoms with Crippen LogP contribution in [0.5, 0.6) is 0 Å². The average molecular weight is 240 g/mol. The Labute approximate surface area is 101 Å². The van der Waals surface area contributed by atoms with Gasteiger partial charge in [-0.1, -0.05) is 6.92 Å². The van der Waals surface area contributed by atoms with Crippen molar-refractivity contribution in [1.82, 2.24) is 15.1 Å². The second kappa shape index (κ2) is 6.24. The van der Waals surface area contributed by atoms with Crippen LogP contribution in [0.1, 0.15) is 29.5 Å². The molecule has 0 aliphatic carbocycles. The Kier molecular flexibility index (Phi) is 4.96. The van der Waals surface area contributed by atoms with Gasteiger partial charge in [0.25, 0.3) is 5.91 Å². The summed E-state index contributed by atoms with van der Waals surface area (Å²) >= 11 is 0. The lowest BCUT2D eigenvalue weighted by Crippen LogP contribution is -2.28.